The quantitative estimate of drug-likeness (QED) is 0.272. The van der Waals surface area contributed by atoms with E-state index in [1.807, 2.05) is 24.8 Å². The van der Waals surface area contributed by atoms with Gasteiger partial charge in [0.2, 0.25) is 9.84 Å². The average molecular weight is 590 g/mol. The van der Waals surface area contributed by atoms with Crippen molar-refractivity contribution in [2.45, 2.75) is 48.7 Å². The number of hydrogen-bond donors (Lipinski definition) is 2. The number of amides is 1. The van der Waals surface area contributed by atoms with Gasteiger partial charge in [-0.05, 0) is 92.4 Å². The minimum atomic E-state index is -4.39. The summed E-state index contributed by atoms with van der Waals surface area (Å²) >= 11 is 6.21. The molecule has 0 aliphatic carbocycles. The molecule has 5 rings (SSSR count). The van der Waals surface area contributed by atoms with Crippen LogP contribution >= 0.6 is 11.6 Å². The summed E-state index contributed by atoms with van der Waals surface area (Å²) in [6, 6.07) is 14.6. The van der Waals surface area contributed by atoms with E-state index in [2.05, 4.69) is 10.3 Å². The zero-order chi connectivity index (χ0) is 28.8. The number of nitrogens with one attached hydrogen (secondary N) is 2. The molecule has 2 heterocycles. The van der Waals surface area contributed by atoms with Crippen molar-refractivity contribution in [3.8, 4) is 0 Å². The third-order valence-electron chi connectivity index (χ3n) is 7.10. The second-order valence-corrected chi connectivity index (χ2v) is 12.4. The largest absolute Gasteiger partial charge is 0.416 e. The molecule has 0 unspecified atom stereocenters. The molecule has 11 heteroatoms. The number of aromatic nitrogens is 1. The second-order valence-electron chi connectivity index (χ2n) is 10.1. The number of rotatable bonds is 5. The van der Waals surface area contributed by atoms with Crippen molar-refractivity contribution in [3.05, 3.63) is 88.1 Å². The Hall–Kier alpha value is -3.50. The highest BCUT2D eigenvalue weighted by Crippen LogP contribution is 2.35. The predicted molar refractivity (Wildman–Crippen MR) is 149 cm³/mol. The third kappa shape index (κ3) is 5.55. The Morgan fingerprint density at radius 1 is 0.975 bits per heavy atom. The summed E-state index contributed by atoms with van der Waals surface area (Å²) in [4.78, 5) is 18.4. The molecular formula is C29H27ClF3N3O3S. The molecule has 2 N–H and O–H groups in total. The van der Waals surface area contributed by atoms with Gasteiger partial charge in [0.25, 0.3) is 5.91 Å². The summed E-state index contributed by atoms with van der Waals surface area (Å²) in [5.74, 6) is -0.553. The van der Waals surface area contributed by atoms with E-state index < -0.39 is 27.5 Å². The van der Waals surface area contributed by atoms with Gasteiger partial charge in [-0.2, -0.15) is 13.2 Å². The van der Waals surface area contributed by atoms with Crippen molar-refractivity contribution in [2.75, 3.05) is 18.0 Å². The third-order valence-corrected chi connectivity index (χ3v) is 9.16. The van der Waals surface area contributed by atoms with Crippen molar-refractivity contribution in [1.29, 1.82) is 0 Å². The molecule has 1 fully saturated rings. The van der Waals surface area contributed by atoms with Crippen LogP contribution in [0.4, 0.5) is 18.9 Å². The van der Waals surface area contributed by atoms with Gasteiger partial charge in [0, 0.05) is 40.7 Å². The number of hydrogen-bond acceptors (Lipinski definition) is 4. The number of piperidine rings is 1. The van der Waals surface area contributed by atoms with Crippen LogP contribution in [-0.4, -0.2) is 38.4 Å². The fourth-order valence-corrected chi connectivity index (χ4v) is 7.15. The highest BCUT2D eigenvalue weighted by atomic mass is 35.5. The highest BCUT2D eigenvalue weighted by Gasteiger charge is 2.32. The standard InChI is InChI=1S/C29H27ClF3N3O3S/c1-17-13-18(2)15-23(14-17)40(38,39)27-24-16-20(30)5-8-25(24)35-26(27)28(37)34-21-9-11-36(12-10-21)22-6-3-19(4-7-22)29(31,32)33/h3-8,13-16,21,35H,9-12H2,1-2H3,(H,34,37). The smallest absolute Gasteiger partial charge is 0.371 e. The normalized spacial score (nSPS) is 15.0. The average Bonchev–Trinajstić information content (AvgIpc) is 3.28. The lowest BCUT2D eigenvalue weighted by Gasteiger charge is -2.34. The SMILES string of the molecule is Cc1cc(C)cc(S(=O)(=O)c2c(C(=O)NC3CCN(c4ccc(C(F)(F)F)cc4)CC3)[nH]c3ccc(Cl)cc23)c1. The van der Waals surface area contributed by atoms with Crippen LogP contribution in [0.5, 0.6) is 0 Å². The summed E-state index contributed by atoms with van der Waals surface area (Å²) in [5.41, 5.74) is 1.93. The molecule has 0 bridgehead atoms. The molecule has 6 nitrogen and oxygen atoms in total. The van der Waals surface area contributed by atoms with Crippen molar-refractivity contribution in [1.82, 2.24) is 10.3 Å². The molecule has 0 spiro atoms. The molecule has 1 aliphatic heterocycles. The Kier molecular flexibility index (Phi) is 7.35. The van der Waals surface area contributed by atoms with Gasteiger partial charge in [0.05, 0.1) is 10.5 Å². The Labute approximate surface area is 235 Å². The summed E-state index contributed by atoms with van der Waals surface area (Å²) < 4.78 is 66.5. The van der Waals surface area contributed by atoms with Crippen LogP contribution in [0.3, 0.4) is 0 Å². The molecule has 40 heavy (non-hydrogen) atoms. The number of alkyl halides is 3. The van der Waals surface area contributed by atoms with Crippen molar-refractivity contribution < 1.29 is 26.4 Å². The molecule has 0 radical (unpaired) electrons. The van der Waals surface area contributed by atoms with Gasteiger partial charge in [-0.1, -0.05) is 17.7 Å². The molecule has 1 aliphatic rings. The molecule has 210 valence electrons. The predicted octanol–water partition coefficient (Wildman–Crippen LogP) is 6.69. The molecule has 0 saturated carbocycles. The molecule has 1 amide bonds. The van der Waals surface area contributed by atoms with E-state index in [-0.39, 0.29) is 21.5 Å². The monoisotopic (exact) mass is 589 g/mol. The van der Waals surface area contributed by atoms with Gasteiger partial charge in [0.1, 0.15) is 10.6 Å². The lowest BCUT2D eigenvalue weighted by molar-refractivity contribution is -0.137. The molecule has 3 aromatic carbocycles. The van der Waals surface area contributed by atoms with Gasteiger partial charge in [-0.25, -0.2) is 8.42 Å². The highest BCUT2D eigenvalue weighted by molar-refractivity contribution is 7.91. The minimum absolute atomic E-state index is 0.0680. The van der Waals surface area contributed by atoms with Crippen LogP contribution in [0.2, 0.25) is 5.02 Å². The molecule has 0 atom stereocenters. The van der Waals surface area contributed by atoms with E-state index in [4.69, 9.17) is 11.6 Å². The summed E-state index contributed by atoms with van der Waals surface area (Å²) in [6.45, 7) is 4.66. The molecule has 1 aromatic heterocycles. The van der Waals surface area contributed by atoms with Gasteiger partial charge < -0.3 is 15.2 Å². The van der Waals surface area contributed by atoms with E-state index in [1.165, 1.54) is 18.2 Å². The Morgan fingerprint density at radius 3 is 2.20 bits per heavy atom. The van der Waals surface area contributed by atoms with Crippen LogP contribution in [-0.2, 0) is 16.0 Å². The van der Waals surface area contributed by atoms with E-state index >= 15 is 0 Å². The van der Waals surface area contributed by atoms with E-state index in [0.29, 0.717) is 47.5 Å². The van der Waals surface area contributed by atoms with Crippen LogP contribution in [0.1, 0.15) is 40.0 Å². The van der Waals surface area contributed by atoms with Crippen LogP contribution in [0, 0.1) is 13.8 Å². The first-order valence-electron chi connectivity index (χ1n) is 12.7. The maximum Gasteiger partial charge on any atom is 0.416 e. The first-order chi connectivity index (χ1) is 18.8. The van der Waals surface area contributed by atoms with Gasteiger partial charge in [-0.3, -0.25) is 4.79 Å². The van der Waals surface area contributed by atoms with E-state index in [0.717, 1.165) is 23.3 Å². The zero-order valence-electron chi connectivity index (χ0n) is 21.8. The molecule has 1 saturated heterocycles. The lowest BCUT2D eigenvalue weighted by Crippen LogP contribution is -2.45. The number of H-pyrrole nitrogens is 1. The Morgan fingerprint density at radius 2 is 1.60 bits per heavy atom. The fourth-order valence-electron chi connectivity index (χ4n) is 5.19. The maximum absolute atomic E-state index is 13.9. The molecular weight excluding hydrogens is 563 g/mol. The number of fused-ring (bicyclic) bond motifs is 1. The number of sulfone groups is 1. The van der Waals surface area contributed by atoms with Crippen molar-refractivity contribution >= 4 is 43.9 Å². The van der Waals surface area contributed by atoms with Gasteiger partial charge in [0.15, 0.2) is 0 Å². The Balaban J connectivity index is 1.39. The fraction of sp³-hybridized carbons (Fsp3) is 0.276. The zero-order valence-corrected chi connectivity index (χ0v) is 23.3. The number of carbonyl (C=O) groups is 1. The summed E-state index contributed by atoms with van der Waals surface area (Å²) in [5, 5.41) is 3.62. The minimum Gasteiger partial charge on any atom is -0.371 e. The first-order valence-corrected chi connectivity index (χ1v) is 14.6. The Bertz CT molecular complexity index is 1670. The van der Waals surface area contributed by atoms with Gasteiger partial charge >= 0.3 is 6.18 Å². The maximum atomic E-state index is 13.9. The van der Waals surface area contributed by atoms with Crippen LogP contribution in [0.25, 0.3) is 10.9 Å². The summed E-state index contributed by atoms with van der Waals surface area (Å²) in [7, 11) is -4.10. The van der Waals surface area contributed by atoms with Crippen molar-refractivity contribution in [2.24, 2.45) is 0 Å². The van der Waals surface area contributed by atoms with Gasteiger partial charge in [-0.15, -0.1) is 0 Å². The van der Waals surface area contributed by atoms with Crippen LogP contribution < -0.4 is 10.2 Å². The van der Waals surface area contributed by atoms with E-state index in [9.17, 15) is 26.4 Å². The number of aromatic amines is 1. The lowest BCUT2D eigenvalue weighted by atomic mass is 10.0. The number of anilines is 1. The number of halogens is 4. The number of nitrogens with zero attached hydrogens (tertiary/aromatic N) is 1. The van der Waals surface area contributed by atoms with Crippen molar-refractivity contribution in [3.63, 3.8) is 0 Å². The number of aryl methyl sites for hydroxylation is 2. The first kappa shape index (κ1) is 28.0. The number of carbonyl (C=O) groups excluding carboxylic acids is 1. The second kappa shape index (κ2) is 10.5. The summed E-state index contributed by atoms with van der Waals surface area (Å²) in [6.07, 6.45) is -3.32. The molecule has 4 aromatic rings. The topological polar surface area (TPSA) is 82.3 Å². The van der Waals surface area contributed by atoms with Crippen LogP contribution in [0.15, 0.2) is 70.5 Å². The number of benzene rings is 3. The van der Waals surface area contributed by atoms with E-state index in [1.54, 1.807) is 24.3 Å².